The van der Waals surface area contributed by atoms with Gasteiger partial charge in [-0.25, -0.2) is 0 Å². The van der Waals surface area contributed by atoms with Gasteiger partial charge in [0.1, 0.15) is 12.4 Å². The molecule has 0 atom stereocenters. The van der Waals surface area contributed by atoms with Gasteiger partial charge in [0.05, 0.1) is 0 Å². The summed E-state index contributed by atoms with van der Waals surface area (Å²) in [5, 5.41) is 0. The van der Waals surface area contributed by atoms with Gasteiger partial charge in [-0.15, -0.1) is 0 Å². The van der Waals surface area contributed by atoms with E-state index in [4.69, 9.17) is 9.47 Å². The van der Waals surface area contributed by atoms with Crippen LogP contribution < -0.4 is 9.47 Å². The highest BCUT2D eigenvalue weighted by molar-refractivity contribution is 5.26. The fourth-order valence-electron chi connectivity index (χ4n) is 1.96. The average Bonchev–Trinajstić information content (AvgIpc) is 2.54. The molecule has 0 amide bonds. The highest BCUT2D eigenvalue weighted by Crippen LogP contribution is 2.20. The second-order valence-corrected chi connectivity index (χ2v) is 4.82. The molecule has 22 heavy (non-hydrogen) atoms. The van der Waals surface area contributed by atoms with Gasteiger partial charge in [-0.3, -0.25) is 0 Å². The van der Waals surface area contributed by atoms with E-state index in [1.807, 2.05) is 67.6 Å². The monoisotopic (exact) mass is 292 g/mol. The summed E-state index contributed by atoms with van der Waals surface area (Å²) >= 11 is 0. The lowest BCUT2D eigenvalue weighted by atomic mass is 10.2. The summed E-state index contributed by atoms with van der Waals surface area (Å²) in [4.78, 5) is 8.56. The Hall–Kier alpha value is -2.88. The molecule has 0 N–H and O–H groups in total. The van der Waals surface area contributed by atoms with Crippen LogP contribution in [0.2, 0.25) is 0 Å². The number of ether oxygens (including phenoxy) is 2. The van der Waals surface area contributed by atoms with Crippen LogP contribution in [0.4, 0.5) is 0 Å². The number of benzene rings is 2. The molecule has 0 aliphatic heterocycles. The minimum Gasteiger partial charge on any atom is -0.473 e. The van der Waals surface area contributed by atoms with Gasteiger partial charge in [0, 0.05) is 11.8 Å². The van der Waals surface area contributed by atoms with Gasteiger partial charge in [-0.1, -0.05) is 48.5 Å². The molecule has 1 aromatic heterocycles. The summed E-state index contributed by atoms with van der Waals surface area (Å²) in [6.45, 7) is 2.34. The first-order chi connectivity index (χ1) is 10.8. The van der Waals surface area contributed by atoms with Crippen LogP contribution in [0.3, 0.4) is 0 Å². The highest BCUT2D eigenvalue weighted by atomic mass is 16.5. The Bertz CT molecular complexity index is 731. The lowest BCUT2D eigenvalue weighted by Crippen LogP contribution is -2.00. The molecule has 0 aliphatic carbocycles. The Morgan fingerprint density at radius 2 is 1.55 bits per heavy atom. The molecule has 4 heteroatoms. The molecule has 0 spiro atoms. The van der Waals surface area contributed by atoms with Crippen LogP contribution in [0.1, 0.15) is 11.3 Å². The van der Waals surface area contributed by atoms with E-state index in [0.717, 1.165) is 11.3 Å². The van der Waals surface area contributed by atoms with E-state index in [0.29, 0.717) is 18.2 Å². The first kappa shape index (κ1) is 14.1. The summed E-state index contributed by atoms with van der Waals surface area (Å²) in [6, 6.07) is 21.5. The van der Waals surface area contributed by atoms with Crippen molar-refractivity contribution in [3.8, 4) is 17.6 Å². The number of para-hydroxylation sites is 1. The third kappa shape index (κ3) is 3.82. The van der Waals surface area contributed by atoms with Gasteiger partial charge in [0.15, 0.2) is 0 Å². The zero-order chi connectivity index (χ0) is 15.2. The van der Waals surface area contributed by atoms with Crippen molar-refractivity contribution in [2.75, 3.05) is 0 Å². The Balaban J connectivity index is 1.72. The zero-order valence-electron chi connectivity index (χ0n) is 12.3. The summed E-state index contributed by atoms with van der Waals surface area (Å²) in [7, 11) is 0. The van der Waals surface area contributed by atoms with Crippen LogP contribution in [0, 0.1) is 6.92 Å². The van der Waals surface area contributed by atoms with Crippen molar-refractivity contribution < 1.29 is 9.47 Å². The molecular formula is C18H16N2O2. The molecule has 2 aromatic carbocycles. The van der Waals surface area contributed by atoms with Gasteiger partial charge >= 0.3 is 6.01 Å². The molecule has 4 nitrogen and oxygen atoms in total. The molecule has 110 valence electrons. The van der Waals surface area contributed by atoms with Gasteiger partial charge in [0.2, 0.25) is 5.88 Å². The molecule has 0 bridgehead atoms. The van der Waals surface area contributed by atoms with Crippen LogP contribution in [0.15, 0.2) is 66.7 Å². The number of hydrogen-bond donors (Lipinski definition) is 0. The molecule has 0 saturated carbocycles. The Labute approximate surface area is 129 Å². The molecule has 0 aliphatic rings. The maximum Gasteiger partial charge on any atom is 0.325 e. The summed E-state index contributed by atoms with van der Waals surface area (Å²) in [6.07, 6.45) is 0. The molecule has 0 fully saturated rings. The highest BCUT2D eigenvalue weighted by Gasteiger charge is 2.06. The summed E-state index contributed by atoms with van der Waals surface area (Å²) in [5.41, 5.74) is 1.88. The predicted molar refractivity (Wildman–Crippen MR) is 84.1 cm³/mol. The van der Waals surface area contributed by atoms with Crippen LogP contribution in [0.25, 0.3) is 0 Å². The first-order valence-corrected chi connectivity index (χ1v) is 7.05. The minimum absolute atomic E-state index is 0.286. The van der Waals surface area contributed by atoms with E-state index in [1.54, 1.807) is 6.07 Å². The quantitative estimate of drug-likeness (QED) is 0.708. The van der Waals surface area contributed by atoms with Gasteiger partial charge in [0.25, 0.3) is 0 Å². The van der Waals surface area contributed by atoms with E-state index in [1.165, 1.54) is 0 Å². The number of aryl methyl sites for hydroxylation is 1. The Morgan fingerprint density at radius 3 is 2.27 bits per heavy atom. The largest absolute Gasteiger partial charge is 0.473 e. The van der Waals surface area contributed by atoms with E-state index in [2.05, 4.69) is 9.97 Å². The molecular weight excluding hydrogens is 276 g/mol. The first-order valence-electron chi connectivity index (χ1n) is 7.05. The van der Waals surface area contributed by atoms with Crippen LogP contribution >= 0.6 is 0 Å². The van der Waals surface area contributed by atoms with Crippen molar-refractivity contribution in [2.24, 2.45) is 0 Å². The van der Waals surface area contributed by atoms with Crippen molar-refractivity contribution in [1.29, 1.82) is 0 Å². The zero-order valence-corrected chi connectivity index (χ0v) is 12.3. The van der Waals surface area contributed by atoms with E-state index >= 15 is 0 Å². The third-order valence-corrected chi connectivity index (χ3v) is 2.99. The molecule has 1 heterocycles. The van der Waals surface area contributed by atoms with Crippen LogP contribution in [-0.4, -0.2) is 9.97 Å². The SMILES string of the molecule is Cc1cc(OCc2ccccc2)nc(Oc2ccccc2)n1. The normalized spacial score (nSPS) is 10.2. The average molecular weight is 292 g/mol. The van der Waals surface area contributed by atoms with Crippen molar-refractivity contribution in [3.63, 3.8) is 0 Å². The Morgan fingerprint density at radius 1 is 0.864 bits per heavy atom. The van der Waals surface area contributed by atoms with Gasteiger partial charge in [-0.2, -0.15) is 9.97 Å². The number of rotatable bonds is 5. The van der Waals surface area contributed by atoms with E-state index in [-0.39, 0.29) is 6.01 Å². The maximum absolute atomic E-state index is 5.72. The fraction of sp³-hybridized carbons (Fsp3) is 0.111. The van der Waals surface area contributed by atoms with Crippen molar-refractivity contribution in [1.82, 2.24) is 9.97 Å². The van der Waals surface area contributed by atoms with Crippen LogP contribution in [-0.2, 0) is 6.61 Å². The van der Waals surface area contributed by atoms with Crippen molar-refractivity contribution >= 4 is 0 Å². The van der Waals surface area contributed by atoms with Crippen LogP contribution in [0.5, 0.6) is 17.6 Å². The molecule has 0 saturated heterocycles. The topological polar surface area (TPSA) is 44.2 Å². The standard InChI is InChI=1S/C18H16N2O2/c1-14-12-17(21-13-15-8-4-2-5-9-15)20-18(19-14)22-16-10-6-3-7-11-16/h2-12H,13H2,1H3. The predicted octanol–water partition coefficient (Wildman–Crippen LogP) is 4.16. The number of hydrogen-bond acceptors (Lipinski definition) is 4. The van der Waals surface area contributed by atoms with Gasteiger partial charge in [-0.05, 0) is 24.6 Å². The molecule has 0 unspecified atom stereocenters. The third-order valence-electron chi connectivity index (χ3n) is 2.99. The smallest absolute Gasteiger partial charge is 0.325 e. The number of aromatic nitrogens is 2. The Kier molecular flexibility index (Phi) is 4.30. The summed E-state index contributed by atoms with van der Waals surface area (Å²) < 4.78 is 11.4. The van der Waals surface area contributed by atoms with E-state index in [9.17, 15) is 0 Å². The van der Waals surface area contributed by atoms with E-state index < -0.39 is 0 Å². The number of nitrogens with zero attached hydrogens (tertiary/aromatic N) is 2. The minimum atomic E-state index is 0.286. The van der Waals surface area contributed by atoms with Crippen molar-refractivity contribution in [3.05, 3.63) is 78.0 Å². The maximum atomic E-state index is 5.72. The fourth-order valence-corrected chi connectivity index (χ4v) is 1.96. The molecule has 3 aromatic rings. The summed E-state index contributed by atoms with van der Waals surface area (Å²) in [5.74, 6) is 1.20. The lowest BCUT2D eigenvalue weighted by Gasteiger charge is -2.08. The van der Waals surface area contributed by atoms with Gasteiger partial charge < -0.3 is 9.47 Å². The lowest BCUT2D eigenvalue weighted by molar-refractivity contribution is 0.287. The second kappa shape index (κ2) is 6.72. The molecule has 0 radical (unpaired) electrons. The second-order valence-electron chi connectivity index (χ2n) is 4.82. The van der Waals surface area contributed by atoms with Crippen molar-refractivity contribution in [2.45, 2.75) is 13.5 Å². The molecule has 3 rings (SSSR count).